The van der Waals surface area contributed by atoms with E-state index in [9.17, 15) is 14.0 Å². The molecule has 0 spiro atoms. The number of carbonyl (C=O) groups excluding carboxylic acids is 1. The van der Waals surface area contributed by atoms with E-state index in [1.807, 2.05) is 0 Å². The van der Waals surface area contributed by atoms with Crippen LogP contribution in [-0.2, 0) is 12.8 Å². The average Bonchev–Trinajstić information content (AvgIpc) is 2.93. The van der Waals surface area contributed by atoms with Crippen LogP contribution in [0.25, 0.3) is 0 Å². The van der Waals surface area contributed by atoms with Gasteiger partial charge in [0.1, 0.15) is 11.6 Å². The monoisotopic (exact) mass is 304 g/mol. The summed E-state index contributed by atoms with van der Waals surface area (Å²) >= 11 is 0. The molecule has 1 aromatic carbocycles. The van der Waals surface area contributed by atoms with Crippen molar-refractivity contribution in [3.63, 3.8) is 0 Å². The number of fused-ring (bicyclic) bond motifs is 1. The maximum Gasteiger partial charge on any atom is 0.335 e. The van der Waals surface area contributed by atoms with Gasteiger partial charge in [0.15, 0.2) is 5.69 Å². The van der Waals surface area contributed by atoms with Crippen molar-refractivity contribution in [3.05, 3.63) is 46.6 Å². The molecule has 22 heavy (non-hydrogen) atoms. The first kappa shape index (κ1) is 14.2. The van der Waals surface area contributed by atoms with Crippen molar-refractivity contribution >= 4 is 17.6 Å². The minimum absolute atomic E-state index is 0.112. The molecule has 0 aliphatic heterocycles. The summed E-state index contributed by atoms with van der Waals surface area (Å²) < 4.78 is 18.9. The number of aromatic nitrogens is 1. The number of hydrogen-bond acceptors (Lipinski definition) is 4. The van der Waals surface area contributed by atoms with E-state index in [4.69, 9.17) is 9.63 Å². The Morgan fingerprint density at radius 2 is 2.05 bits per heavy atom. The molecule has 3 rings (SSSR count). The number of amides is 1. The fraction of sp³-hybridized carbons (Fsp3) is 0.267. The molecular formula is C15H13FN2O4. The highest BCUT2D eigenvalue weighted by molar-refractivity contribution is 6.04. The summed E-state index contributed by atoms with van der Waals surface area (Å²) in [6.45, 7) is 0. The summed E-state index contributed by atoms with van der Waals surface area (Å²) in [4.78, 5) is 23.1. The van der Waals surface area contributed by atoms with Crippen molar-refractivity contribution in [1.82, 2.24) is 5.16 Å². The van der Waals surface area contributed by atoms with Crippen LogP contribution in [0.2, 0.25) is 0 Å². The predicted octanol–water partition coefficient (Wildman–Crippen LogP) is 2.64. The second-order valence-electron chi connectivity index (χ2n) is 5.09. The van der Waals surface area contributed by atoms with Gasteiger partial charge < -0.3 is 14.9 Å². The molecule has 114 valence electrons. The number of hydrogen-bond donors (Lipinski definition) is 2. The number of aryl methyl sites for hydroxylation is 1. The second kappa shape index (κ2) is 5.59. The number of nitrogens with one attached hydrogen (secondary N) is 1. The van der Waals surface area contributed by atoms with E-state index in [-0.39, 0.29) is 16.9 Å². The number of carboxylic acids is 1. The van der Waals surface area contributed by atoms with Crippen LogP contribution >= 0.6 is 0 Å². The number of nitrogens with zero attached hydrogens (tertiary/aromatic N) is 1. The summed E-state index contributed by atoms with van der Waals surface area (Å²) in [5, 5.41) is 15.0. The fourth-order valence-electron chi connectivity index (χ4n) is 2.50. The number of rotatable bonds is 3. The first-order valence-corrected chi connectivity index (χ1v) is 6.88. The van der Waals surface area contributed by atoms with Gasteiger partial charge in [-0.2, -0.15) is 0 Å². The molecule has 0 unspecified atom stereocenters. The Morgan fingerprint density at radius 1 is 1.27 bits per heavy atom. The standard InChI is InChI=1S/C15H13FN2O4/c16-10-6-5-8(15(20)21)7-11(10)17-14(19)13-9-3-1-2-4-12(9)22-18-13/h5-7H,1-4H2,(H,17,19)(H,20,21). The first-order valence-electron chi connectivity index (χ1n) is 6.88. The third kappa shape index (κ3) is 2.57. The lowest BCUT2D eigenvalue weighted by molar-refractivity contribution is 0.0696. The smallest absolute Gasteiger partial charge is 0.335 e. The van der Waals surface area contributed by atoms with E-state index in [1.54, 1.807) is 0 Å². The molecule has 1 amide bonds. The van der Waals surface area contributed by atoms with E-state index in [1.165, 1.54) is 0 Å². The van der Waals surface area contributed by atoms with Crippen LogP contribution in [-0.4, -0.2) is 22.1 Å². The van der Waals surface area contributed by atoms with E-state index in [0.29, 0.717) is 12.2 Å². The summed E-state index contributed by atoms with van der Waals surface area (Å²) in [7, 11) is 0. The molecule has 2 aromatic rings. The zero-order chi connectivity index (χ0) is 15.7. The van der Waals surface area contributed by atoms with Gasteiger partial charge in [0.05, 0.1) is 11.3 Å². The van der Waals surface area contributed by atoms with Crippen LogP contribution in [0.3, 0.4) is 0 Å². The quantitative estimate of drug-likeness (QED) is 0.909. The number of halogens is 1. The van der Waals surface area contributed by atoms with E-state index < -0.39 is 17.7 Å². The first-order chi connectivity index (χ1) is 10.6. The molecule has 2 N–H and O–H groups in total. The third-order valence-electron chi connectivity index (χ3n) is 3.63. The third-order valence-corrected chi connectivity index (χ3v) is 3.63. The highest BCUT2D eigenvalue weighted by Gasteiger charge is 2.24. The Morgan fingerprint density at radius 3 is 2.82 bits per heavy atom. The van der Waals surface area contributed by atoms with E-state index in [0.717, 1.165) is 43.0 Å². The Kier molecular flexibility index (Phi) is 3.62. The number of benzene rings is 1. The topological polar surface area (TPSA) is 92.4 Å². The Bertz CT molecular complexity index is 754. The largest absolute Gasteiger partial charge is 0.478 e. The zero-order valence-corrected chi connectivity index (χ0v) is 11.6. The Hall–Kier alpha value is -2.70. The van der Waals surface area contributed by atoms with Crippen molar-refractivity contribution in [2.45, 2.75) is 25.7 Å². The van der Waals surface area contributed by atoms with E-state index in [2.05, 4.69) is 10.5 Å². The van der Waals surface area contributed by atoms with Gasteiger partial charge in [-0.3, -0.25) is 4.79 Å². The van der Waals surface area contributed by atoms with Crippen LogP contribution in [0, 0.1) is 5.82 Å². The molecule has 0 saturated carbocycles. The van der Waals surface area contributed by atoms with Gasteiger partial charge in [-0.15, -0.1) is 0 Å². The van der Waals surface area contributed by atoms with Gasteiger partial charge in [0, 0.05) is 12.0 Å². The molecule has 0 atom stereocenters. The average molecular weight is 304 g/mol. The van der Waals surface area contributed by atoms with Gasteiger partial charge in [-0.1, -0.05) is 5.16 Å². The number of anilines is 1. The second-order valence-corrected chi connectivity index (χ2v) is 5.09. The molecule has 0 saturated heterocycles. The van der Waals surface area contributed by atoms with Crippen LogP contribution in [0.1, 0.15) is 45.0 Å². The number of carboxylic acid groups (broad SMARTS) is 1. The lowest BCUT2D eigenvalue weighted by Crippen LogP contribution is -2.17. The minimum Gasteiger partial charge on any atom is -0.478 e. The van der Waals surface area contributed by atoms with Crippen LogP contribution < -0.4 is 5.32 Å². The molecule has 7 heteroatoms. The predicted molar refractivity (Wildman–Crippen MR) is 74.5 cm³/mol. The molecule has 6 nitrogen and oxygen atoms in total. The molecular weight excluding hydrogens is 291 g/mol. The van der Waals surface area contributed by atoms with Crippen molar-refractivity contribution in [2.75, 3.05) is 5.32 Å². The SMILES string of the molecule is O=C(O)c1ccc(F)c(NC(=O)c2noc3c2CCCC3)c1. The van der Waals surface area contributed by atoms with E-state index >= 15 is 0 Å². The molecule has 1 aliphatic rings. The molecule has 0 fully saturated rings. The van der Waals surface area contributed by atoms with Crippen molar-refractivity contribution in [3.8, 4) is 0 Å². The summed E-state index contributed by atoms with van der Waals surface area (Å²) in [6.07, 6.45) is 3.35. The van der Waals surface area contributed by atoms with Crippen LogP contribution in [0.4, 0.5) is 10.1 Å². The highest BCUT2D eigenvalue weighted by atomic mass is 19.1. The summed E-state index contributed by atoms with van der Waals surface area (Å²) in [6, 6.07) is 3.20. The minimum atomic E-state index is -1.20. The summed E-state index contributed by atoms with van der Waals surface area (Å²) in [5.41, 5.74) is 0.574. The Balaban J connectivity index is 1.87. The normalized spacial score (nSPS) is 13.5. The zero-order valence-electron chi connectivity index (χ0n) is 11.6. The molecule has 0 radical (unpaired) electrons. The number of carbonyl (C=O) groups is 2. The number of aromatic carboxylic acids is 1. The van der Waals surface area contributed by atoms with Crippen molar-refractivity contribution in [1.29, 1.82) is 0 Å². The van der Waals surface area contributed by atoms with Gasteiger partial charge >= 0.3 is 5.97 Å². The van der Waals surface area contributed by atoms with Crippen LogP contribution in [0.5, 0.6) is 0 Å². The lowest BCUT2D eigenvalue weighted by Gasteiger charge is -2.10. The molecule has 1 aromatic heterocycles. The molecule has 1 aliphatic carbocycles. The van der Waals surface area contributed by atoms with Gasteiger partial charge in [0.2, 0.25) is 0 Å². The maximum absolute atomic E-state index is 13.7. The van der Waals surface area contributed by atoms with Gasteiger partial charge in [0.25, 0.3) is 5.91 Å². The Labute approximate surface area is 124 Å². The maximum atomic E-state index is 13.7. The lowest BCUT2D eigenvalue weighted by atomic mass is 9.96. The van der Waals surface area contributed by atoms with Crippen LogP contribution in [0.15, 0.2) is 22.7 Å². The van der Waals surface area contributed by atoms with Crippen molar-refractivity contribution in [2.24, 2.45) is 0 Å². The van der Waals surface area contributed by atoms with Gasteiger partial charge in [-0.25, -0.2) is 9.18 Å². The highest BCUT2D eigenvalue weighted by Crippen LogP contribution is 2.25. The fourth-order valence-corrected chi connectivity index (χ4v) is 2.50. The molecule has 1 heterocycles. The van der Waals surface area contributed by atoms with Crippen molar-refractivity contribution < 1.29 is 23.6 Å². The summed E-state index contributed by atoms with van der Waals surface area (Å²) in [5.74, 6) is -1.82. The molecule has 0 bridgehead atoms. The van der Waals surface area contributed by atoms with Gasteiger partial charge in [-0.05, 0) is 37.5 Å².